The molecule has 0 fully saturated rings. The van der Waals surface area contributed by atoms with Gasteiger partial charge in [0.15, 0.2) is 22.2 Å². The van der Waals surface area contributed by atoms with Crippen molar-refractivity contribution in [3.05, 3.63) is 82.0 Å². The van der Waals surface area contributed by atoms with Crippen molar-refractivity contribution >= 4 is 44.0 Å². The second-order valence-electron chi connectivity index (χ2n) is 6.72. The van der Waals surface area contributed by atoms with Crippen molar-refractivity contribution in [2.24, 2.45) is 0 Å². The van der Waals surface area contributed by atoms with Gasteiger partial charge in [0.2, 0.25) is 0 Å². The zero-order chi connectivity index (χ0) is 20.9. The largest absolute Gasteiger partial charge is 0.454 e. The lowest BCUT2D eigenvalue weighted by Crippen LogP contribution is -2.04. The smallest absolute Gasteiger partial charge is 0.363 e. The number of pyridine rings is 4. The molecule has 31 heavy (non-hydrogen) atoms. The van der Waals surface area contributed by atoms with Gasteiger partial charge in [-0.15, -0.1) is 0 Å². The lowest BCUT2D eigenvalue weighted by molar-refractivity contribution is 0.479. The van der Waals surface area contributed by atoms with Crippen LogP contribution in [-0.4, -0.2) is 19.9 Å². The third kappa shape index (κ3) is 2.71. The summed E-state index contributed by atoms with van der Waals surface area (Å²) in [6, 6.07) is 10.0. The van der Waals surface area contributed by atoms with Crippen molar-refractivity contribution in [1.29, 1.82) is 0 Å². The Bertz CT molecular complexity index is 1640. The summed E-state index contributed by atoms with van der Waals surface area (Å²) in [5, 5.41) is 1.01. The van der Waals surface area contributed by atoms with Gasteiger partial charge in [-0.3, -0.25) is 9.97 Å². The van der Waals surface area contributed by atoms with E-state index in [1.54, 1.807) is 48.8 Å². The molecule has 0 aliphatic carbocycles. The Hall–Kier alpha value is -4.66. The van der Waals surface area contributed by atoms with Crippen LogP contribution < -0.4 is 16.0 Å². The molecular formula is C22H10N4O5. The van der Waals surface area contributed by atoms with Crippen LogP contribution in [0.2, 0.25) is 0 Å². The summed E-state index contributed by atoms with van der Waals surface area (Å²) in [4.78, 5) is 41.4. The minimum atomic E-state index is -0.557. The van der Waals surface area contributed by atoms with Gasteiger partial charge < -0.3 is 13.6 Å². The molecule has 0 aliphatic heterocycles. The predicted octanol–water partition coefficient (Wildman–Crippen LogP) is 3.58. The molecule has 148 valence electrons. The number of ether oxygens (including phenoxy) is 1. The van der Waals surface area contributed by atoms with Gasteiger partial charge in [0, 0.05) is 23.2 Å². The molecule has 0 aromatic carbocycles. The van der Waals surface area contributed by atoms with E-state index in [9.17, 15) is 9.59 Å². The van der Waals surface area contributed by atoms with Gasteiger partial charge in [0.1, 0.15) is 22.5 Å². The maximum absolute atomic E-state index is 12.2. The highest BCUT2D eigenvalue weighted by Gasteiger charge is 2.13. The fraction of sp³-hybridized carbons (Fsp3) is 0. The van der Waals surface area contributed by atoms with E-state index in [0.29, 0.717) is 44.5 Å². The van der Waals surface area contributed by atoms with Crippen LogP contribution >= 0.6 is 0 Å². The summed E-state index contributed by atoms with van der Waals surface area (Å²) in [5.41, 5.74) is 0.911. The van der Waals surface area contributed by atoms with Gasteiger partial charge in [-0.25, -0.2) is 19.6 Å². The summed E-state index contributed by atoms with van der Waals surface area (Å²) < 4.78 is 16.4. The number of fused-ring (bicyclic) bond motifs is 6. The van der Waals surface area contributed by atoms with E-state index in [1.807, 2.05) is 0 Å². The highest BCUT2D eigenvalue weighted by molar-refractivity contribution is 6.01. The Morgan fingerprint density at radius 3 is 1.61 bits per heavy atom. The first-order valence-electron chi connectivity index (χ1n) is 9.20. The second-order valence-corrected chi connectivity index (χ2v) is 6.72. The molecule has 0 radical (unpaired) electrons. The molecular weight excluding hydrogens is 400 g/mol. The maximum atomic E-state index is 12.2. The molecule has 0 unspecified atom stereocenters. The topological polar surface area (TPSA) is 121 Å². The number of hydrogen-bond acceptors (Lipinski definition) is 9. The van der Waals surface area contributed by atoms with Crippen molar-refractivity contribution in [2.45, 2.75) is 0 Å². The van der Waals surface area contributed by atoms with E-state index in [-0.39, 0.29) is 11.0 Å². The first-order chi connectivity index (χ1) is 15.2. The van der Waals surface area contributed by atoms with E-state index < -0.39 is 11.3 Å². The van der Waals surface area contributed by atoms with E-state index in [2.05, 4.69) is 19.9 Å². The van der Waals surface area contributed by atoms with Crippen LogP contribution in [0.4, 0.5) is 0 Å². The van der Waals surface area contributed by atoms with E-state index in [0.717, 1.165) is 0 Å². The number of aromatic nitrogens is 4. The molecule has 0 bridgehead atoms. The highest BCUT2D eigenvalue weighted by Crippen LogP contribution is 2.29. The number of nitrogens with zero attached hydrogens (tertiary/aromatic N) is 4. The molecule has 0 aliphatic rings. The normalized spacial score (nSPS) is 11.5. The minimum absolute atomic E-state index is 0.156. The Morgan fingerprint density at radius 1 is 0.645 bits per heavy atom. The maximum Gasteiger partial charge on any atom is 0.363 e. The third-order valence-electron chi connectivity index (χ3n) is 4.80. The van der Waals surface area contributed by atoms with Crippen LogP contribution in [0.25, 0.3) is 44.0 Å². The van der Waals surface area contributed by atoms with Crippen LogP contribution in [0, 0.1) is 0 Å². The van der Waals surface area contributed by atoms with Gasteiger partial charge in [-0.1, -0.05) is 0 Å². The molecule has 6 aromatic rings. The highest BCUT2D eigenvalue weighted by atomic mass is 16.5. The molecule has 6 heterocycles. The Morgan fingerprint density at radius 2 is 1.13 bits per heavy atom. The predicted molar refractivity (Wildman–Crippen MR) is 111 cm³/mol. The van der Waals surface area contributed by atoms with Gasteiger partial charge in [0.05, 0.1) is 12.4 Å². The van der Waals surface area contributed by atoms with E-state index in [1.165, 1.54) is 12.4 Å². The summed E-state index contributed by atoms with van der Waals surface area (Å²) in [6.45, 7) is 0. The lowest BCUT2D eigenvalue weighted by Gasteiger charge is -2.08. The molecule has 0 N–H and O–H groups in total. The van der Waals surface area contributed by atoms with Gasteiger partial charge in [-0.2, -0.15) is 0 Å². The zero-order valence-corrected chi connectivity index (χ0v) is 15.6. The average molecular weight is 410 g/mol. The summed E-state index contributed by atoms with van der Waals surface area (Å²) in [5.74, 6) is 0.734. The van der Waals surface area contributed by atoms with Crippen molar-refractivity contribution in [3.8, 4) is 11.5 Å². The van der Waals surface area contributed by atoms with Gasteiger partial charge >= 0.3 is 11.3 Å². The molecule has 0 spiro atoms. The fourth-order valence-corrected chi connectivity index (χ4v) is 3.47. The van der Waals surface area contributed by atoms with Crippen LogP contribution in [0.3, 0.4) is 0 Å². The molecule has 0 saturated carbocycles. The first kappa shape index (κ1) is 17.2. The number of hydrogen-bond donors (Lipinski definition) is 0. The van der Waals surface area contributed by atoms with E-state index >= 15 is 0 Å². The summed E-state index contributed by atoms with van der Waals surface area (Å²) in [7, 11) is 0. The number of rotatable bonds is 2. The Kier molecular flexibility index (Phi) is 3.57. The van der Waals surface area contributed by atoms with Gasteiger partial charge in [-0.05, 0) is 36.4 Å². The second kappa shape index (κ2) is 6.42. The zero-order valence-electron chi connectivity index (χ0n) is 15.6. The van der Waals surface area contributed by atoms with Crippen molar-refractivity contribution in [3.63, 3.8) is 0 Å². The minimum Gasteiger partial charge on any atom is -0.454 e. The van der Waals surface area contributed by atoms with Crippen LogP contribution in [0.5, 0.6) is 11.5 Å². The van der Waals surface area contributed by atoms with Crippen molar-refractivity contribution < 1.29 is 13.6 Å². The molecule has 0 atom stereocenters. The SMILES string of the molecule is O=c1oc2cccnc2c2cc(Oc3cnc4c(=O)oc5cccnc5c4c3)cnc12. The fourth-order valence-electron chi connectivity index (χ4n) is 3.47. The molecule has 6 aromatic heterocycles. The Balaban J connectivity index is 1.52. The van der Waals surface area contributed by atoms with Crippen LogP contribution in [-0.2, 0) is 0 Å². The molecule has 6 rings (SSSR count). The van der Waals surface area contributed by atoms with Crippen molar-refractivity contribution in [1.82, 2.24) is 19.9 Å². The molecule has 0 amide bonds. The lowest BCUT2D eigenvalue weighted by atomic mass is 10.2. The first-order valence-corrected chi connectivity index (χ1v) is 9.20. The summed E-state index contributed by atoms with van der Waals surface area (Å²) >= 11 is 0. The molecule has 9 heteroatoms. The van der Waals surface area contributed by atoms with Crippen LogP contribution in [0.15, 0.2) is 79.6 Å². The van der Waals surface area contributed by atoms with E-state index in [4.69, 9.17) is 13.6 Å². The summed E-state index contributed by atoms with van der Waals surface area (Å²) in [6.07, 6.45) is 6.03. The Labute approximate surface area is 171 Å². The third-order valence-corrected chi connectivity index (χ3v) is 4.80. The molecule has 9 nitrogen and oxygen atoms in total. The quantitative estimate of drug-likeness (QED) is 0.394. The van der Waals surface area contributed by atoms with Crippen LogP contribution in [0.1, 0.15) is 0 Å². The standard InChI is InChI=1S/C22H10N4O5/c27-21-19-13(17-15(30-21)3-1-5-23-17)7-11(9-25-19)29-12-8-14-18-16(4-2-6-24-18)31-22(28)20(14)26-10-12/h1-10H. The van der Waals surface area contributed by atoms with Crippen molar-refractivity contribution in [2.75, 3.05) is 0 Å². The monoisotopic (exact) mass is 410 g/mol. The molecule has 0 saturated heterocycles. The van der Waals surface area contributed by atoms with Gasteiger partial charge in [0.25, 0.3) is 0 Å². The average Bonchev–Trinajstić information content (AvgIpc) is 2.79.